The van der Waals surface area contributed by atoms with Crippen LogP contribution in [0.15, 0.2) is 12.1 Å². The van der Waals surface area contributed by atoms with Crippen LogP contribution >= 0.6 is 11.8 Å². The molecule has 1 aromatic rings. The molecule has 24 heavy (non-hydrogen) atoms. The Labute approximate surface area is 148 Å². The van der Waals surface area contributed by atoms with Gasteiger partial charge in [-0.25, -0.2) is 4.79 Å². The number of hydrogen-bond acceptors (Lipinski definition) is 4. The van der Waals surface area contributed by atoms with E-state index in [4.69, 9.17) is 9.84 Å². The average Bonchev–Trinajstić information content (AvgIpc) is 2.52. The summed E-state index contributed by atoms with van der Waals surface area (Å²) >= 11 is 1.87. The number of nitrogens with zero attached hydrogens (tertiary/aromatic N) is 1. The molecule has 1 atom stereocenters. The maximum Gasteiger partial charge on any atom is 0.341 e. The van der Waals surface area contributed by atoms with Crippen LogP contribution in [0, 0.1) is 13.8 Å². The third kappa shape index (κ3) is 5.74. The molecular formula is C18H27NO4S. The van der Waals surface area contributed by atoms with E-state index in [-0.39, 0.29) is 18.6 Å². The van der Waals surface area contributed by atoms with Crippen molar-refractivity contribution in [1.82, 2.24) is 4.90 Å². The molecule has 1 amide bonds. The van der Waals surface area contributed by atoms with Crippen molar-refractivity contribution in [2.24, 2.45) is 0 Å². The number of carbonyl (C=O) groups excluding carboxylic acids is 1. The summed E-state index contributed by atoms with van der Waals surface area (Å²) in [5.74, 6) is 1.60. The van der Waals surface area contributed by atoms with Gasteiger partial charge in [-0.15, -0.1) is 0 Å². The topological polar surface area (TPSA) is 66.8 Å². The summed E-state index contributed by atoms with van der Waals surface area (Å²) in [6.45, 7) is 7.44. The van der Waals surface area contributed by atoms with Gasteiger partial charge in [0.25, 0.3) is 5.91 Å². The highest BCUT2D eigenvalue weighted by atomic mass is 32.2. The van der Waals surface area contributed by atoms with E-state index in [2.05, 4.69) is 13.8 Å². The minimum absolute atomic E-state index is 0.0278. The molecule has 0 aliphatic heterocycles. The smallest absolute Gasteiger partial charge is 0.341 e. The molecule has 0 aliphatic rings. The van der Waals surface area contributed by atoms with Gasteiger partial charge in [0.15, 0.2) is 6.61 Å². The van der Waals surface area contributed by atoms with Gasteiger partial charge in [0.2, 0.25) is 0 Å². The first kappa shape index (κ1) is 20.4. The lowest BCUT2D eigenvalue weighted by Gasteiger charge is -2.25. The second-order valence-electron chi connectivity index (χ2n) is 5.87. The molecule has 0 aliphatic carbocycles. The van der Waals surface area contributed by atoms with Crippen LogP contribution in [0.2, 0.25) is 0 Å². The SMILES string of the molecule is CCSCCC(C)N(C)C(=O)c1cc(C)c(OCC(=O)O)c(C)c1. The zero-order valence-corrected chi connectivity index (χ0v) is 15.9. The molecule has 6 heteroatoms. The van der Waals surface area contributed by atoms with Crippen LogP contribution in [-0.2, 0) is 4.79 Å². The van der Waals surface area contributed by atoms with E-state index < -0.39 is 5.97 Å². The monoisotopic (exact) mass is 353 g/mol. The van der Waals surface area contributed by atoms with E-state index in [1.807, 2.05) is 32.7 Å². The van der Waals surface area contributed by atoms with E-state index in [1.165, 1.54) is 0 Å². The van der Waals surface area contributed by atoms with Crippen LogP contribution in [0.1, 0.15) is 41.8 Å². The minimum atomic E-state index is -1.02. The molecule has 1 N–H and O–H groups in total. The highest BCUT2D eigenvalue weighted by molar-refractivity contribution is 7.99. The van der Waals surface area contributed by atoms with Gasteiger partial charge in [-0.1, -0.05) is 6.92 Å². The zero-order valence-electron chi connectivity index (χ0n) is 15.1. The Morgan fingerprint density at radius 3 is 2.38 bits per heavy atom. The summed E-state index contributed by atoms with van der Waals surface area (Å²) in [6, 6.07) is 3.69. The quantitative estimate of drug-likeness (QED) is 0.690. The Bertz CT molecular complexity index is 565. The second kappa shape index (κ2) is 9.57. The van der Waals surface area contributed by atoms with E-state index in [9.17, 15) is 9.59 Å². The zero-order chi connectivity index (χ0) is 18.3. The number of ether oxygens (including phenoxy) is 1. The summed E-state index contributed by atoms with van der Waals surface area (Å²) in [7, 11) is 1.82. The second-order valence-corrected chi connectivity index (χ2v) is 7.27. The number of hydrogen-bond donors (Lipinski definition) is 1. The number of benzene rings is 1. The molecule has 0 saturated heterocycles. The number of thioether (sulfide) groups is 1. The number of carboxylic acid groups (broad SMARTS) is 1. The molecule has 0 aromatic heterocycles. The number of aliphatic carboxylic acids is 1. The molecular weight excluding hydrogens is 326 g/mol. The van der Waals surface area contributed by atoms with Crippen molar-refractivity contribution >= 4 is 23.6 Å². The van der Waals surface area contributed by atoms with E-state index >= 15 is 0 Å². The predicted molar refractivity (Wildman–Crippen MR) is 98.2 cm³/mol. The van der Waals surface area contributed by atoms with Gasteiger partial charge in [-0.3, -0.25) is 4.79 Å². The Morgan fingerprint density at radius 2 is 1.88 bits per heavy atom. The van der Waals surface area contributed by atoms with Crippen molar-refractivity contribution in [2.75, 3.05) is 25.2 Å². The highest BCUT2D eigenvalue weighted by Gasteiger charge is 2.19. The van der Waals surface area contributed by atoms with Crippen molar-refractivity contribution in [3.05, 3.63) is 28.8 Å². The number of carbonyl (C=O) groups is 2. The number of carboxylic acids is 1. The Balaban J connectivity index is 2.85. The molecule has 0 spiro atoms. The Hall–Kier alpha value is -1.69. The van der Waals surface area contributed by atoms with Crippen molar-refractivity contribution in [2.45, 2.75) is 40.2 Å². The van der Waals surface area contributed by atoms with E-state index in [1.54, 1.807) is 17.0 Å². The lowest BCUT2D eigenvalue weighted by Crippen LogP contribution is -2.35. The molecule has 1 aromatic carbocycles. The number of rotatable bonds is 9. The fourth-order valence-electron chi connectivity index (χ4n) is 2.43. The van der Waals surface area contributed by atoms with Gasteiger partial charge in [0.05, 0.1) is 0 Å². The molecule has 0 bridgehead atoms. The van der Waals surface area contributed by atoms with E-state index in [0.29, 0.717) is 11.3 Å². The molecule has 134 valence electrons. The van der Waals surface area contributed by atoms with Crippen molar-refractivity contribution in [3.8, 4) is 5.75 Å². The van der Waals surface area contributed by atoms with Crippen LogP contribution in [0.4, 0.5) is 0 Å². The number of amides is 1. The summed E-state index contributed by atoms with van der Waals surface area (Å²) in [4.78, 5) is 25.1. The standard InChI is InChI=1S/C18H27NO4S/c1-6-24-8-7-14(4)19(5)18(22)15-9-12(2)17(13(3)10-15)23-11-16(20)21/h9-10,14H,6-8,11H2,1-5H3,(H,20,21). The van der Waals surface area contributed by atoms with Crippen LogP contribution in [0.5, 0.6) is 5.75 Å². The molecule has 0 fully saturated rings. The van der Waals surface area contributed by atoms with E-state index in [0.717, 1.165) is 29.1 Å². The van der Waals surface area contributed by atoms with Crippen molar-refractivity contribution in [3.63, 3.8) is 0 Å². The molecule has 1 rings (SSSR count). The van der Waals surface area contributed by atoms with Gasteiger partial charge >= 0.3 is 5.97 Å². The van der Waals surface area contributed by atoms with Crippen LogP contribution in [0.25, 0.3) is 0 Å². The van der Waals surface area contributed by atoms with Crippen LogP contribution < -0.4 is 4.74 Å². The molecule has 5 nitrogen and oxygen atoms in total. The lowest BCUT2D eigenvalue weighted by atomic mass is 10.0. The summed E-state index contributed by atoms with van der Waals surface area (Å²) in [5, 5.41) is 8.73. The fraction of sp³-hybridized carbons (Fsp3) is 0.556. The van der Waals surface area contributed by atoms with Crippen LogP contribution in [0.3, 0.4) is 0 Å². The fourth-order valence-corrected chi connectivity index (χ4v) is 3.23. The van der Waals surface area contributed by atoms with Gasteiger partial charge in [0, 0.05) is 18.7 Å². The van der Waals surface area contributed by atoms with Crippen molar-refractivity contribution < 1.29 is 19.4 Å². The minimum Gasteiger partial charge on any atom is -0.481 e. The number of aryl methyl sites for hydroxylation is 2. The molecule has 0 saturated carbocycles. The summed E-state index contributed by atoms with van der Waals surface area (Å²) in [6.07, 6.45) is 0.957. The van der Waals surface area contributed by atoms with Crippen molar-refractivity contribution in [1.29, 1.82) is 0 Å². The van der Waals surface area contributed by atoms with Gasteiger partial charge in [-0.2, -0.15) is 11.8 Å². The average molecular weight is 353 g/mol. The van der Waals surface area contributed by atoms with Gasteiger partial charge in [0.1, 0.15) is 5.75 Å². The Morgan fingerprint density at radius 1 is 1.29 bits per heavy atom. The molecule has 0 radical (unpaired) electrons. The molecule has 1 unspecified atom stereocenters. The first-order valence-corrected chi connectivity index (χ1v) is 9.24. The first-order chi connectivity index (χ1) is 11.3. The van der Waals surface area contributed by atoms with Gasteiger partial charge in [-0.05, 0) is 62.0 Å². The lowest BCUT2D eigenvalue weighted by molar-refractivity contribution is -0.139. The third-order valence-corrected chi connectivity index (χ3v) is 4.85. The third-order valence-electron chi connectivity index (χ3n) is 3.91. The summed E-state index contributed by atoms with van der Waals surface area (Å²) < 4.78 is 5.31. The highest BCUT2D eigenvalue weighted by Crippen LogP contribution is 2.26. The van der Waals surface area contributed by atoms with Crippen LogP contribution in [-0.4, -0.2) is 53.1 Å². The maximum atomic E-state index is 12.7. The predicted octanol–water partition coefficient (Wildman–Crippen LogP) is 3.37. The summed E-state index contributed by atoms with van der Waals surface area (Å²) in [5.41, 5.74) is 2.13. The van der Waals surface area contributed by atoms with Gasteiger partial charge < -0.3 is 14.7 Å². The maximum absolute atomic E-state index is 12.7. The normalized spacial score (nSPS) is 11.9. The largest absolute Gasteiger partial charge is 0.481 e. The Kier molecular flexibility index (Phi) is 8.11. The molecule has 0 heterocycles. The first-order valence-electron chi connectivity index (χ1n) is 8.08.